The molecule has 1 aliphatic heterocycles. The third-order valence-electron chi connectivity index (χ3n) is 3.25. The molecule has 0 aromatic carbocycles. The molecule has 5 heteroatoms. The first-order valence-electron chi connectivity index (χ1n) is 6.18. The molecule has 1 amide bonds. The number of hydrogen-bond donors (Lipinski definition) is 1. The van der Waals surface area contributed by atoms with E-state index in [-0.39, 0.29) is 18.0 Å². The second kappa shape index (κ2) is 5.93. The number of carbonyl (C=O) groups is 1. The summed E-state index contributed by atoms with van der Waals surface area (Å²) in [6.07, 6.45) is 4.74. The molecule has 1 fully saturated rings. The van der Waals surface area contributed by atoms with Crippen molar-refractivity contribution >= 4 is 5.91 Å². The van der Waals surface area contributed by atoms with E-state index >= 15 is 0 Å². The molecule has 0 saturated carbocycles. The summed E-state index contributed by atoms with van der Waals surface area (Å²) in [6.45, 7) is 1.33. The number of aromatic nitrogens is 1. The minimum Gasteiger partial charge on any atom is -0.385 e. The van der Waals surface area contributed by atoms with E-state index in [1.165, 1.54) is 0 Å². The first kappa shape index (κ1) is 13.0. The van der Waals surface area contributed by atoms with Gasteiger partial charge in [-0.25, -0.2) is 0 Å². The molecule has 0 bridgehead atoms. The Balaban J connectivity index is 2.12. The summed E-state index contributed by atoms with van der Waals surface area (Å²) < 4.78 is 5.02. The highest BCUT2D eigenvalue weighted by Crippen LogP contribution is 2.31. The average molecular weight is 249 g/mol. The molecule has 1 saturated heterocycles. The Morgan fingerprint density at radius 3 is 3.11 bits per heavy atom. The predicted molar refractivity (Wildman–Crippen MR) is 67.8 cm³/mol. The Bertz CT molecular complexity index is 396. The number of nitrogens with zero attached hydrogens (tertiary/aromatic N) is 2. The van der Waals surface area contributed by atoms with Gasteiger partial charge < -0.3 is 15.4 Å². The standard InChI is InChI=1S/C13H19N3O2/c1-18-7-3-6-16-12(17)8-11(14)13(16)10-4-2-5-15-9-10/h2,4-5,9,11,13H,3,6-8,14H2,1H3. The van der Waals surface area contributed by atoms with Crippen molar-refractivity contribution in [1.29, 1.82) is 0 Å². The van der Waals surface area contributed by atoms with Crippen LogP contribution in [0.1, 0.15) is 24.4 Å². The van der Waals surface area contributed by atoms with Crippen LogP contribution < -0.4 is 5.73 Å². The summed E-state index contributed by atoms with van der Waals surface area (Å²) in [5, 5.41) is 0. The van der Waals surface area contributed by atoms with Crippen molar-refractivity contribution in [1.82, 2.24) is 9.88 Å². The topological polar surface area (TPSA) is 68.5 Å². The molecule has 98 valence electrons. The van der Waals surface area contributed by atoms with Crippen molar-refractivity contribution in [3.05, 3.63) is 30.1 Å². The predicted octanol–water partition coefficient (Wildman–Crippen LogP) is 0.719. The van der Waals surface area contributed by atoms with Gasteiger partial charge in [0, 0.05) is 45.1 Å². The lowest BCUT2D eigenvalue weighted by Gasteiger charge is -2.26. The molecule has 0 spiro atoms. The van der Waals surface area contributed by atoms with Gasteiger partial charge in [0.2, 0.25) is 5.91 Å². The number of amides is 1. The Morgan fingerprint density at radius 1 is 1.61 bits per heavy atom. The maximum Gasteiger partial charge on any atom is 0.224 e. The minimum atomic E-state index is -0.149. The fourth-order valence-corrected chi connectivity index (χ4v) is 2.44. The molecule has 1 aliphatic rings. The van der Waals surface area contributed by atoms with E-state index in [1.54, 1.807) is 19.5 Å². The summed E-state index contributed by atoms with van der Waals surface area (Å²) in [4.78, 5) is 17.9. The molecule has 0 aliphatic carbocycles. The number of ether oxygens (including phenoxy) is 1. The molecule has 2 N–H and O–H groups in total. The van der Waals surface area contributed by atoms with E-state index in [4.69, 9.17) is 10.5 Å². The molecule has 18 heavy (non-hydrogen) atoms. The van der Waals surface area contributed by atoms with Crippen LogP contribution in [0.15, 0.2) is 24.5 Å². The third kappa shape index (κ3) is 2.68. The lowest BCUT2D eigenvalue weighted by Crippen LogP contribution is -2.34. The molecule has 1 aromatic rings. The van der Waals surface area contributed by atoms with Crippen LogP contribution in [-0.4, -0.2) is 42.1 Å². The Labute approximate surface area is 107 Å². The first-order chi connectivity index (χ1) is 8.74. The average Bonchev–Trinajstić information content (AvgIpc) is 2.66. The summed E-state index contributed by atoms with van der Waals surface area (Å²) in [5.41, 5.74) is 7.08. The summed E-state index contributed by atoms with van der Waals surface area (Å²) in [7, 11) is 1.66. The van der Waals surface area contributed by atoms with E-state index in [1.807, 2.05) is 17.0 Å². The van der Waals surface area contributed by atoms with Crippen molar-refractivity contribution in [3.63, 3.8) is 0 Å². The summed E-state index contributed by atoms with van der Waals surface area (Å²) in [5.74, 6) is 0.118. The van der Waals surface area contributed by atoms with Crippen molar-refractivity contribution in [2.24, 2.45) is 5.73 Å². The van der Waals surface area contributed by atoms with Crippen molar-refractivity contribution < 1.29 is 9.53 Å². The van der Waals surface area contributed by atoms with E-state index in [0.717, 1.165) is 12.0 Å². The van der Waals surface area contributed by atoms with Gasteiger partial charge in [-0.2, -0.15) is 0 Å². The van der Waals surface area contributed by atoms with E-state index in [9.17, 15) is 4.79 Å². The quantitative estimate of drug-likeness (QED) is 0.781. The molecular weight excluding hydrogens is 230 g/mol. The van der Waals surface area contributed by atoms with Crippen LogP contribution in [0.25, 0.3) is 0 Å². The van der Waals surface area contributed by atoms with Crippen molar-refractivity contribution in [2.45, 2.75) is 24.9 Å². The summed E-state index contributed by atoms with van der Waals surface area (Å²) in [6, 6.07) is 3.64. The molecule has 2 rings (SSSR count). The van der Waals surface area contributed by atoms with E-state index < -0.39 is 0 Å². The van der Waals surface area contributed by atoms with Gasteiger partial charge in [0.25, 0.3) is 0 Å². The molecule has 0 radical (unpaired) electrons. The normalized spacial score (nSPS) is 23.7. The Kier molecular flexibility index (Phi) is 4.28. The van der Waals surface area contributed by atoms with Crippen molar-refractivity contribution in [2.75, 3.05) is 20.3 Å². The number of pyridine rings is 1. The van der Waals surface area contributed by atoms with Gasteiger partial charge >= 0.3 is 0 Å². The lowest BCUT2D eigenvalue weighted by atomic mass is 10.0. The number of likely N-dealkylation sites (tertiary alicyclic amines) is 1. The van der Waals surface area contributed by atoms with Crippen LogP contribution in [0, 0.1) is 0 Å². The Morgan fingerprint density at radius 2 is 2.44 bits per heavy atom. The number of carbonyl (C=O) groups excluding carboxylic acids is 1. The number of hydrogen-bond acceptors (Lipinski definition) is 4. The van der Waals surface area contributed by atoms with Gasteiger partial charge in [-0.1, -0.05) is 6.07 Å². The maximum atomic E-state index is 11.9. The van der Waals surface area contributed by atoms with Crippen LogP contribution in [0.5, 0.6) is 0 Å². The number of nitrogens with two attached hydrogens (primary N) is 1. The first-order valence-corrected chi connectivity index (χ1v) is 6.18. The van der Waals surface area contributed by atoms with Crippen LogP contribution in [0.4, 0.5) is 0 Å². The van der Waals surface area contributed by atoms with Crippen LogP contribution >= 0.6 is 0 Å². The zero-order chi connectivity index (χ0) is 13.0. The van der Waals surface area contributed by atoms with Gasteiger partial charge in [0.15, 0.2) is 0 Å². The van der Waals surface area contributed by atoms with Gasteiger partial charge in [-0.05, 0) is 18.1 Å². The van der Waals surface area contributed by atoms with E-state index in [0.29, 0.717) is 19.6 Å². The van der Waals surface area contributed by atoms with Crippen LogP contribution in [0.2, 0.25) is 0 Å². The third-order valence-corrected chi connectivity index (χ3v) is 3.25. The van der Waals surface area contributed by atoms with Crippen LogP contribution in [-0.2, 0) is 9.53 Å². The number of rotatable bonds is 5. The lowest BCUT2D eigenvalue weighted by molar-refractivity contribution is -0.129. The summed E-state index contributed by atoms with van der Waals surface area (Å²) >= 11 is 0. The minimum absolute atomic E-state index is 0.0527. The fourth-order valence-electron chi connectivity index (χ4n) is 2.44. The Hall–Kier alpha value is -1.46. The van der Waals surface area contributed by atoms with Crippen molar-refractivity contribution in [3.8, 4) is 0 Å². The smallest absolute Gasteiger partial charge is 0.224 e. The zero-order valence-electron chi connectivity index (χ0n) is 10.6. The molecule has 5 nitrogen and oxygen atoms in total. The van der Waals surface area contributed by atoms with Gasteiger partial charge in [-0.15, -0.1) is 0 Å². The molecule has 2 unspecified atom stereocenters. The molecule has 2 heterocycles. The molecule has 1 aromatic heterocycles. The second-order valence-electron chi connectivity index (χ2n) is 4.53. The fraction of sp³-hybridized carbons (Fsp3) is 0.538. The zero-order valence-corrected chi connectivity index (χ0v) is 10.6. The largest absolute Gasteiger partial charge is 0.385 e. The van der Waals surface area contributed by atoms with Gasteiger partial charge in [-0.3, -0.25) is 9.78 Å². The SMILES string of the molecule is COCCCN1C(=O)CC(N)C1c1cccnc1. The maximum absolute atomic E-state index is 11.9. The highest BCUT2D eigenvalue weighted by atomic mass is 16.5. The van der Waals surface area contributed by atoms with Gasteiger partial charge in [0.1, 0.15) is 0 Å². The molecular formula is C13H19N3O2. The second-order valence-corrected chi connectivity index (χ2v) is 4.53. The highest BCUT2D eigenvalue weighted by Gasteiger charge is 2.38. The van der Waals surface area contributed by atoms with Gasteiger partial charge in [0.05, 0.1) is 6.04 Å². The monoisotopic (exact) mass is 249 g/mol. The highest BCUT2D eigenvalue weighted by molar-refractivity contribution is 5.80. The number of methoxy groups -OCH3 is 1. The van der Waals surface area contributed by atoms with Crippen LogP contribution in [0.3, 0.4) is 0 Å². The molecule has 2 atom stereocenters. The van der Waals surface area contributed by atoms with E-state index in [2.05, 4.69) is 4.98 Å².